The first kappa shape index (κ1) is 21.4. The molecule has 0 bridgehead atoms. The molecule has 0 heterocycles. The fourth-order valence-electron chi connectivity index (χ4n) is 3.06. The van der Waals surface area contributed by atoms with Crippen molar-refractivity contribution in [1.82, 2.24) is 5.32 Å². The lowest BCUT2D eigenvalue weighted by Crippen LogP contribution is -2.42. The number of carbonyl (C=O) groups excluding carboxylic acids is 1. The van der Waals surface area contributed by atoms with E-state index in [2.05, 4.69) is 11.4 Å². The van der Waals surface area contributed by atoms with Gasteiger partial charge in [-0.15, -0.1) is 0 Å². The van der Waals surface area contributed by atoms with E-state index >= 15 is 0 Å². The van der Waals surface area contributed by atoms with E-state index in [4.69, 9.17) is 20.8 Å². The second kappa shape index (κ2) is 9.84. The molecule has 0 aliphatic heterocycles. The predicted molar refractivity (Wildman–Crippen MR) is 110 cm³/mol. The van der Waals surface area contributed by atoms with Gasteiger partial charge in [-0.2, -0.15) is 5.26 Å². The molecule has 0 spiro atoms. The third-order valence-electron chi connectivity index (χ3n) is 4.93. The smallest absolute Gasteiger partial charge is 0.269 e. The zero-order valence-corrected chi connectivity index (χ0v) is 16.7. The SMILES string of the molecule is Cc1cc(OC2CCC(NC(=O)C(=N)/C=C\C(=N)C(C)C)CC2)ccc1C#N. The van der Waals surface area contributed by atoms with E-state index in [1.165, 1.54) is 12.2 Å². The Bertz CT molecular complexity index is 812. The predicted octanol–water partition coefficient (Wildman–Crippen LogP) is 3.92. The molecule has 1 saturated carbocycles. The minimum atomic E-state index is -0.403. The number of aryl methyl sites for hydroxylation is 1. The highest BCUT2D eigenvalue weighted by atomic mass is 16.5. The van der Waals surface area contributed by atoms with Gasteiger partial charge in [0.15, 0.2) is 0 Å². The lowest BCUT2D eigenvalue weighted by atomic mass is 9.92. The van der Waals surface area contributed by atoms with Crippen LogP contribution in [-0.4, -0.2) is 29.5 Å². The summed E-state index contributed by atoms with van der Waals surface area (Å²) in [5.74, 6) is 0.436. The van der Waals surface area contributed by atoms with E-state index in [0.717, 1.165) is 37.0 Å². The molecule has 0 atom stereocenters. The number of carbonyl (C=O) groups is 1. The van der Waals surface area contributed by atoms with Gasteiger partial charge < -0.3 is 15.5 Å². The molecule has 28 heavy (non-hydrogen) atoms. The molecule has 6 heteroatoms. The molecule has 0 radical (unpaired) electrons. The highest BCUT2D eigenvalue weighted by molar-refractivity contribution is 6.42. The largest absolute Gasteiger partial charge is 0.490 e. The van der Waals surface area contributed by atoms with Crippen LogP contribution in [0.4, 0.5) is 0 Å². The first-order chi connectivity index (χ1) is 13.3. The molecule has 0 saturated heterocycles. The zero-order valence-electron chi connectivity index (χ0n) is 16.7. The van der Waals surface area contributed by atoms with E-state index < -0.39 is 5.91 Å². The Morgan fingerprint density at radius 3 is 2.50 bits per heavy atom. The minimum Gasteiger partial charge on any atom is -0.490 e. The van der Waals surface area contributed by atoms with Crippen molar-refractivity contribution in [2.75, 3.05) is 0 Å². The van der Waals surface area contributed by atoms with Crippen LogP contribution in [-0.2, 0) is 4.79 Å². The Morgan fingerprint density at radius 1 is 1.25 bits per heavy atom. The first-order valence-corrected chi connectivity index (χ1v) is 9.63. The normalized spacial score (nSPS) is 19.2. The van der Waals surface area contributed by atoms with E-state index in [1.54, 1.807) is 6.07 Å². The van der Waals surface area contributed by atoms with Gasteiger partial charge in [-0.3, -0.25) is 10.2 Å². The number of amides is 1. The monoisotopic (exact) mass is 380 g/mol. The lowest BCUT2D eigenvalue weighted by molar-refractivity contribution is -0.115. The molecule has 1 aliphatic rings. The fourth-order valence-corrected chi connectivity index (χ4v) is 3.06. The number of benzene rings is 1. The molecule has 1 amide bonds. The third kappa shape index (κ3) is 6.05. The highest BCUT2D eigenvalue weighted by Gasteiger charge is 2.24. The summed E-state index contributed by atoms with van der Waals surface area (Å²) in [4.78, 5) is 12.1. The molecule has 1 fully saturated rings. The summed E-state index contributed by atoms with van der Waals surface area (Å²) in [6, 6.07) is 7.66. The number of nitrogens with zero attached hydrogens (tertiary/aromatic N) is 1. The molecule has 1 aromatic rings. The van der Waals surface area contributed by atoms with Crippen LogP contribution < -0.4 is 10.1 Å². The summed E-state index contributed by atoms with van der Waals surface area (Å²) in [6.07, 6.45) is 6.23. The van der Waals surface area contributed by atoms with Crippen molar-refractivity contribution in [1.29, 1.82) is 16.1 Å². The maximum atomic E-state index is 12.1. The van der Waals surface area contributed by atoms with Crippen LogP contribution in [0.25, 0.3) is 0 Å². The number of nitriles is 1. The summed E-state index contributed by atoms with van der Waals surface area (Å²) in [6.45, 7) is 5.69. The Labute approximate surface area is 166 Å². The third-order valence-corrected chi connectivity index (χ3v) is 4.93. The lowest BCUT2D eigenvalue weighted by Gasteiger charge is -2.29. The van der Waals surface area contributed by atoms with Gasteiger partial charge >= 0.3 is 0 Å². The minimum absolute atomic E-state index is 0.0355. The molecular weight excluding hydrogens is 352 g/mol. The van der Waals surface area contributed by atoms with Gasteiger partial charge in [0.25, 0.3) is 5.91 Å². The summed E-state index contributed by atoms with van der Waals surface area (Å²) in [5.41, 5.74) is 1.82. The van der Waals surface area contributed by atoms with Crippen molar-refractivity contribution in [3.63, 3.8) is 0 Å². The van der Waals surface area contributed by atoms with Crippen molar-refractivity contribution in [3.05, 3.63) is 41.5 Å². The Morgan fingerprint density at radius 2 is 1.93 bits per heavy atom. The second-order valence-corrected chi connectivity index (χ2v) is 7.51. The van der Waals surface area contributed by atoms with Crippen molar-refractivity contribution in [2.45, 2.75) is 58.6 Å². The molecule has 2 rings (SSSR count). The Hall–Kier alpha value is -2.94. The molecule has 3 N–H and O–H groups in total. The standard InChI is InChI=1S/C22H28N4O2/c1-14(2)20(24)10-11-21(25)22(27)26-17-5-8-18(9-6-17)28-19-7-4-16(13-23)15(3)12-19/h4,7,10-12,14,17-18,24-25H,5-6,8-9H2,1-3H3,(H,26,27)/b11-10-,24-20?,25-21?. The van der Waals surface area contributed by atoms with Crippen molar-refractivity contribution in [2.24, 2.45) is 5.92 Å². The van der Waals surface area contributed by atoms with Crippen LogP contribution in [0.15, 0.2) is 30.4 Å². The fraction of sp³-hybridized carbons (Fsp3) is 0.455. The number of hydrogen-bond donors (Lipinski definition) is 3. The van der Waals surface area contributed by atoms with Crippen molar-refractivity contribution in [3.8, 4) is 11.8 Å². The van der Waals surface area contributed by atoms with E-state index in [-0.39, 0.29) is 23.8 Å². The molecule has 0 aromatic heterocycles. The molecule has 148 valence electrons. The van der Waals surface area contributed by atoms with Gasteiger partial charge in [-0.05, 0) is 74.4 Å². The molecule has 1 aromatic carbocycles. The molecule has 1 aliphatic carbocycles. The number of ether oxygens (including phenoxy) is 1. The number of nitrogens with one attached hydrogen (secondary N) is 3. The number of allylic oxidation sites excluding steroid dienone is 1. The average Bonchev–Trinajstić information content (AvgIpc) is 2.67. The Kier molecular flexibility index (Phi) is 7.51. The van der Waals surface area contributed by atoms with Gasteiger partial charge in [0.05, 0.1) is 17.7 Å². The van der Waals surface area contributed by atoms with Crippen LogP contribution >= 0.6 is 0 Å². The van der Waals surface area contributed by atoms with E-state index in [1.807, 2.05) is 32.9 Å². The second-order valence-electron chi connectivity index (χ2n) is 7.51. The summed E-state index contributed by atoms with van der Waals surface area (Å²) in [7, 11) is 0. The molecular formula is C22H28N4O2. The number of rotatable bonds is 7. The molecule has 0 unspecified atom stereocenters. The van der Waals surface area contributed by atoms with Gasteiger partial charge in [-0.25, -0.2) is 0 Å². The number of hydrogen-bond acceptors (Lipinski definition) is 5. The highest BCUT2D eigenvalue weighted by Crippen LogP contribution is 2.25. The average molecular weight is 380 g/mol. The van der Waals surface area contributed by atoms with Crippen LogP contribution in [0, 0.1) is 35.0 Å². The first-order valence-electron chi connectivity index (χ1n) is 9.63. The Balaban J connectivity index is 1.79. The van der Waals surface area contributed by atoms with Gasteiger partial charge in [-0.1, -0.05) is 13.8 Å². The van der Waals surface area contributed by atoms with Gasteiger partial charge in [0, 0.05) is 11.8 Å². The zero-order chi connectivity index (χ0) is 20.7. The van der Waals surface area contributed by atoms with Crippen LogP contribution in [0.5, 0.6) is 5.75 Å². The summed E-state index contributed by atoms with van der Waals surface area (Å²) in [5, 5.41) is 27.5. The maximum Gasteiger partial charge on any atom is 0.269 e. The van der Waals surface area contributed by atoms with Gasteiger partial charge in [0.2, 0.25) is 0 Å². The van der Waals surface area contributed by atoms with Crippen molar-refractivity contribution >= 4 is 17.3 Å². The maximum absolute atomic E-state index is 12.1. The summed E-state index contributed by atoms with van der Waals surface area (Å²) >= 11 is 0. The van der Waals surface area contributed by atoms with E-state index in [0.29, 0.717) is 11.3 Å². The van der Waals surface area contributed by atoms with Crippen LogP contribution in [0.3, 0.4) is 0 Å². The van der Waals surface area contributed by atoms with Crippen LogP contribution in [0.2, 0.25) is 0 Å². The van der Waals surface area contributed by atoms with Gasteiger partial charge in [0.1, 0.15) is 11.5 Å². The quantitative estimate of drug-likeness (QED) is 0.623. The van der Waals surface area contributed by atoms with Crippen molar-refractivity contribution < 1.29 is 9.53 Å². The topological polar surface area (TPSA) is 110 Å². The molecule has 6 nitrogen and oxygen atoms in total. The summed E-state index contributed by atoms with van der Waals surface area (Å²) < 4.78 is 6.02. The van der Waals surface area contributed by atoms with E-state index in [9.17, 15) is 4.79 Å². The van der Waals surface area contributed by atoms with Crippen LogP contribution in [0.1, 0.15) is 50.7 Å².